The van der Waals surface area contributed by atoms with Gasteiger partial charge < -0.3 is 10.2 Å². The van der Waals surface area contributed by atoms with Gasteiger partial charge in [0.1, 0.15) is 5.82 Å². The van der Waals surface area contributed by atoms with Crippen molar-refractivity contribution in [3.8, 4) is 0 Å². The van der Waals surface area contributed by atoms with Crippen LogP contribution in [-0.4, -0.2) is 41.8 Å². The SMILES string of the molecule is O=Cc1ccc(N[C@H]2CCCN(CC3CCCCC3)C2)nc1. The van der Waals surface area contributed by atoms with E-state index in [0.29, 0.717) is 11.6 Å². The van der Waals surface area contributed by atoms with Crippen molar-refractivity contribution in [3.63, 3.8) is 0 Å². The number of aldehydes is 1. The Labute approximate surface area is 133 Å². The second-order valence-corrected chi connectivity index (χ2v) is 6.84. The van der Waals surface area contributed by atoms with Crippen LogP contribution in [0.25, 0.3) is 0 Å². The van der Waals surface area contributed by atoms with Gasteiger partial charge in [0.25, 0.3) is 0 Å². The van der Waals surface area contributed by atoms with Crippen LogP contribution in [0.2, 0.25) is 0 Å². The Morgan fingerprint density at radius 3 is 2.77 bits per heavy atom. The number of likely N-dealkylation sites (tertiary alicyclic amines) is 1. The molecule has 0 radical (unpaired) electrons. The predicted octanol–water partition coefficient (Wildman–Crippen LogP) is 3.35. The molecule has 0 amide bonds. The molecule has 22 heavy (non-hydrogen) atoms. The maximum Gasteiger partial charge on any atom is 0.151 e. The Hall–Kier alpha value is -1.42. The van der Waals surface area contributed by atoms with Gasteiger partial charge in [0.2, 0.25) is 0 Å². The molecular formula is C18H27N3O. The van der Waals surface area contributed by atoms with Gasteiger partial charge in [0.05, 0.1) is 0 Å². The molecule has 2 aliphatic rings. The molecule has 2 heterocycles. The van der Waals surface area contributed by atoms with Crippen LogP contribution >= 0.6 is 0 Å². The van der Waals surface area contributed by atoms with E-state index in [1.165, 1.54) is 58.0 Å². The normalized spacial score (nSPS) is 24.1. The van der Waals surface area contributed by atoms with E-state index >= 15 is 0 Å². The molecule has 1 N–H and O–H groups in total. The summed E-state index contributed by atoms with van der Waals surface area (Å²) in [5.74, 6) is 1.80. The van der Waals surface area contributed by atoms with Crippen LogP contribution in [0.1, 0.15) is 55.3 Å². The number of carbonyl (C=O) groups excluding carboxylic acids is 1. The zero-order valence-electron chi connectivity index (χ0n) is 13.3. The van der Waals surface area contributed by atoms with Crippen molar-refractivity contribution >= 4 is 12.1 Å². The highest BCUT2D eigenvalue weighted by molar-refractivity contribution is 5.74. The Balaban J connectivity index is 1.50. The van der Waals surface area contributed by atoms with E-state index in [0.717, 1.165) is 24.6 Å². The molecule has 4 nitrogen and oxygen atoms in total. The van der Waals surface area contributed by atoms with Gasteiger partial charge in [-0.15, -0.1) is 0 Å². The van der Waals surface area contributed by atoms with Crippen LogP contribution < -0.4 is 5.32 Å². The summed E-state index contributed by atoms with van der Waals surface area (Å²) in [7, 11) is 0. The summed E-state index contributed by atoms with van der Waals surface area (Å²) in [4.78, 5) is 17.6. The lowest BCUT2D eigenvalue weighted by molar-refractivity contribution is 0.112. The van der Waals surface area contributed by atoms with Crippen LogP contribution in [0.15, 0.2) is 18.3 Å². The Morgan fingerprint density at radius 2 is 2.05 bits per heavy atom. The number of aromatic nitrogens is 1. The second-order valence-electron chi connectivity index (χ2n) is 6.84. The van der Waals surface area contributed by atoms with Gasteiger partial charge in [0.15, 0.2) is 6.29 Å². The maximum absolute atomic E-state index is 10.7. The standard InChI is InChI=1S/C18H27N3O/c22-14-16-8-9-18(19-11-16)20-17-7-4-10-21(13-17)12-15-5-2-1-3-6-15/h8-9,11,14-15,17H,1-7,10,12-13H2,(H,19,20)/t17-/m0/s1. The van der Waals surface area contributed by atoms with Crippen molar-refractivity contribution in [2.45, 2.75) is 51.0 Å². The zero-order valence-corrected chi connectivity index (χ0v) is 13.3. The lowest BCUT2D eigenvalue weighted by atomic mass is 9.88. The van der Waals surface area contributed by atoms with Gasteiger partial charge in [0, 0.05) is 30.9 Å². The fourth-order valence-corrected chi connectivity index (χ4v) is 3.84. The van der Waals surface area contributed by atoms with Crippen molar-refractivity contribution in [2.24, 2.45) is 5.92 Å². The number of hydrogen-bond donors (Lipinski definition) is 1. The summed E-state index contributed by atoms with van der Waals surface area (Å²) < 4.78 is 0. The van der Waals surface area contributed by atoms with Gasteiger partial charge >= 0.3 is 0 Å². The highest BCUT2D eigenvalue weighted by atomic mass is 16.1. The van der Waals surface area contributed by atoms with E-state index in [1.54, 1.807) is 6.20 Å². The van der Waals surface area contributed by atoms with Crippen LogP contribution in [-0.2, 0) is 0 Å². The average molecular weight is 301 g/mol. The molecule has 120 valence electrons. The van der Waals surface area contributed by atoms with Gasteiger partial charge in [-0.3, -0.25) is 4.79 Å². The largest absolute Gasteiger partial charge is 0.366 e. The van der Waals surface area contributed by atoms with Gasteiger partial charge in [-0.25, -0.2) is 4.98 Å². The molecule has 2 fully saturated rings. The lowest BCUT2D eigenvalue weighted by Crippen LogP contribution is -2.44. The number of hydrogen-bond acceptors (Lipinski definition) is 4. The minimum absolute atomic E-state index is 0.479. The molecule has 1 aliphatic heterocycles. The number of pyridine rings is 1. The summed E-state index contributed by atoms with van der Waals surface area (Å²) in [5.41, 5.74) is 0.633. The highest BCUT2D eigenvalue weighted by Crippen LogP contribution is 2.25. The van der Waals surface area contributed by atoms with E-state index in [2.05, 4.69) is 15.2 Å². The molecule has 0 spiro atoms. The molecule has 0 bridgehead atoms. The summed E-state index contributed by atoms with van der Waals surface area (Å²) in [5, 5.41) is 3.53. The van der Waals surface area contributed by atoms with E-state index in [-0.39, 0.29) is 0 Å². The van der Waals surface area contributed by atoms with E-state index in [4.69, 9.17) is 0 Å². The minimum Gasteiger partial charge on any atom is -0.366 e. The fraction of sp³-hybridized carbons (Fsp3) is 0.667. The van der Waals surface area contributed by atoms with E-state index in [9.17, 15) is 4.79 Å². The van der Waals surface area contributed by atoms with Crippen LogP contribution in [0.3, 0.4) is 0 Å². The van der Waals surface area contributed by atoms with Crippen LogP contribution in [0, 0.1) is 5.92 Å². The Bertz CT molecular complexity index is 468. The summed E-state index contributed by atoms with van der Waals surface area (Å²) >= 11 is 0. The van der Waals surface area contributed by atoms with E-state index in [1.807, 2.05) is 12.1 Å². The number of piperidine rings is 1. The Morgan fingerprint density at radius 1 is 1.18 bits per heavy atom. The summed E-state index contributed by atoms with van der Waals surface area (Å²) in [6, 6.07) is 4.21. The van der Waals surface area contributed by atoms with Gasteiger partial charge in [-0.2, -0.15) is 0 Å². The first-order valence-electron chi connectivity index (χ1n) is 8.73. The highest BCUT2D eigenvalue weighted by Gasteiger charge is 2.23. The van der Waals surface area contributed by atoms with Gasteiger partial charge in [-0.05, 0) is 50.3 Å². The monoisotopic (exact) mass is 301 g/mol. The van der Waals surface area contributed by atoms with Crippen molar-refractivity contribution in [2.75, 3.05) is 25.0 Å². The molecule has 1 aromatic heterocycles. The van der Waals surface area contributed by atoms with Crippen molar-refractivity contribution in [3.05, 3.63) is 23.9 Å². The third-order valence-electron chi connectivity index (χ3n) is 5.02. The second kappa shape index (κ2) is 7.73. The number of rotatable bonds is 5. The first kappa shape index (κ1) is 15.5. The third kappa shape index (κ3) is 4.29. The quantitative estimate of drug-likeness (QED) is 0.847. The molecular weight excluding hydrogens is 274 g/mol. The average Bonchev–Trinajstić information content (AvgIpc) is 2.57. The van der Waals surface area contributed by atoms with Gasteiger partial charge in [-0.1, -0.05) is 19.3 Å². The summed E-state index contributed by atoms with van der Waals surface area (Å²) in [6.45, 7) is 3.63. The van der Waals surface area contributed by atoms with Crippen LogP contribution in [0.4, 0.5) is 5.82 Å². The summed E-state index contributed by atoms with van der Waals surface area (Å²) in [6.07, 6.45) is 12.1. The zero-order chi connectivity index (χ0) is 15.2. The molecule has 0 unspecified atom stereocenters. The fourth-order valence-electron chi connectivity index (χ4n) is 3.84. The number of anilines is 1. The smallest absolute Gasteiger partial charge is 0.151 e. The molecule has 0 aromatic carbocycles. The number of nitrogens with one attached hydrogen (secondary N) is 1. The topological polar surface area (TPSA) is 45.2 Å². The molecule has 1 aromatic rings. The number of carbonyl (C=O) groups is 1. The first-order chi connectivity index (χ1) is 10.8. The van der Waals surface area contributed by atoms with Crippen molar-refractivity contribution in [1.82, 2.24) is 9.88 Å². The lowest BCUT2D eigenvalue weighted by Gasteiger charge is -2.36. The Kier molecular flexibility index (Phi) is 5.43. The van der Waals surface area contributed by atoms with Crippen LogP contribution in [0.5, 0.6) is 0 Å². The molecule has 1 saturated heterocycles. The predicted molar refractivity (Wildman–Crippen MR) is 89.3 cm³/mol. The molecule has 3 rings (SSSR count). The molecule has 1 aliphatic carbocycles. The van der Waals surface area contributed by atoms with Crippen molar-refractivity contribution in [1.29, 1.82) is 0 Å². The number of nitrogens with zero attached hydrogens (tertiary/aromatic N) is 2. The van der Waals surface area contributed by atoms with E-state index < -0.39 is 0 Å². The maximum atomic E-state index is 10.7. The third-order valence-corrected chi connectivity index (χ3v) is 5.02. The molecule has 4 heteroatoms. The molecule has 1 atom stereocenters. The minimum atomic E-state index is 0.479. The van der Waals surface area contributed by atoms with Crippen molar-refractivity contribution < 1.29 is 4.79 Å². The first-order valence-corrected chi connectivity index (χ1v) is 8.73. The molecule has 1 saturated carbocycles.